The van der Waals surface area contributed by atoms with Gasteiger partial charge in [0.15, 0.2) is 0 Å². The van der Waals surface area contributed by atoms with Crippen LogP contribution in [0.3, 0.4) is 0 Å². The Labute approximate surface area is 117 Å². The van der Waals surface area contributed by atoms with Gasteiger partial charge in [-0.1, -0.05) is 30.3 Å². The van der Waals surface area contributed by atoms with Gasteiger partial charge in [0.2, 0.25) is 0 Å². The van der Waals surface area contributed by atoms with Crippen molar-refractivity contribution in [1.82, 2.24) is 10.0 Å². The number of benzene rings is 1. The molecule has 106 valence electrons. The van der Waals surface area contributed by atoms with E-state index in [-0.39, 0.29) is 17.3 Å². The molecule has 1 N–H and O–H groups in total. The van der Waals surface area contributed by atoms with Crippen molar-refractivity contribution in [3.63, 3.8) is 0 Å². The predicted molar refractivity (Wildman–Crippen MR) is 71.8 cm³/mol. The fraction of sp³-hybridized carbons (Fsp3) is 0.533. The summed E-state index contributed by atoms with van der Waals surface area (Å²) < 4.78 is 5.40. The van der Waals surface area contributed by atoms with Crippen LogP contribution in [0.1, 0.15) is 5.56 Å². The molecule has 2 aliphatic heterocycles. The highest BCUT2D eigenvalue weighted by atomic mass is 16.5. The molecule has 3 unspecified atom stereocenters. The summed E-state index contributed by atoms with van der Waals surface area (Å²) in [5.41, 5.74) is 0.968. The van der Waals surface area contributed by atoms with Gasteiger partial charge in [-0.05, 0) is 11.5 Å². The normalized spacial score (nSPS) is 37.0. The van der Waals surface area contributed by atoms with Crippen LogP contribution in [0, 0.1) is 11.8 Å². The lowest BCUT2D eigenvalue weighted by atomic mass is 9.93. The number of hydrazine groups is 1. The van der Waals surface area contributed by atoms with E-state index < -0.39 is 5.97 Å². The van der Waals surface area contributed by atoms with Crippen molar-refractivity contribution in [3.8, 4) is 0 Å². The summed E-state index contributed by atoms with van der Waals surface area (Å²) >= 11 is 0. The maximum atomic E-state index is 11.5. The first-order valence-corrected chi connectivity index (χ1v) is 7.09. The second kappa shape index (κ2) is 4.28. The van der Waals surface area contributed by atoms with Crippen LogP contribution >= 0.6 is 0 Å². The summed E-state index contributed by atoms with van der Waals surface area (Å²) in [6.45, 7) is 3.93. The number of piperidine rings is 1. The van der Waals surface area contributed by atoms with Crippen LogP contribution < -0.4 is 0 Å². The smallest absolute Gasteiger partial charge is 0.307 e. The molecule has 1 saturated carbocycles. The molecule has 0 amide bonds. The van der Waals surface area contributed by atoms with E-state index in [0.717, 1.165) is 26.2 Å². The Balaban J connectivity index is 1.63. The number of hydrogen-bond donors (Lipinski definition) is 1. The summed E-state index contributed by atoms with van der Waals surface area (Å²) in [6.07, 6.45) is 0. The Morgan fingerprint density at radius 1 is 1.30 bits per heavy atom. The molecule has 4 rings (SSSR count). The minimum absolute atomic E-state index is 0.199. The number of fused-ring (bicyclic) bond motifs is 1. The third kappa shape index (κ3) is 1.57. The van der Waals surface area contributed by atoms with E-state index >= 15 is 0 Å². The van der Waals surface area contributed by atoms with Gasteiger partial charge in [0.05, 0.1) is 12.5 Å². The quantitative estimate of drug-likeness (QED) is 0.882. The zero-order valence-electron chi connectivity index (χ0n) is 11.2. The highest BCUT2D eigenvalue weighted by Crippen LogP contribution is 2.64. The first-order chi connectivity index (χ1) is 9.73. The minimum Gasteiger partial charge on any atom is -0.481 e. The molecular weight excluding hydrogens is 256 g/mol. The Morgan fingerprint density at radius 2 is 2.10 bits per heavy atom. The predicted octanol–water partition coefficient (Wildman–Crippen LogP) is 0.775. The van der Waals surface area contributed by atoms with Gasteiger partial charge in [0, 0.05) is 25.0 Å². The maximum absolute atomic E-state index is 11.5. The summed E-state index contributed by atoms with van der Waals surface area (Å²) in [7, 11) is 0. The Morgan fingerprint density at radius 3 is 2.75 bits per heavy atom. The molecule has 5 nitrogen and oxygen atoms in total. The van der Waals surface area contributed by atoms with E-state index in [1.807, 2.05) is 18.2 Å². The van der Waals surface area contributed by atoms with Gasteiger partial charge < -0.3 is 9.84 Å². The molecule has 1 aromatic carbocycles. The van der Waals surface area contributed by atoms with Crippen LogP contribution in [-0.4, -0.2) is 54.1 Å². The molecule has 3 atom stereocenters. The van der Waals surface area contributed by atoms with Crippen molar-refractivity contribution in [1.29, 1.82) is 0 Å². The van der Waals surface area contributed by atoms with Crippen molar-refractivity contribution in [2.45, 2.75) is 5.41 Å². The number of ether oxygens (including phenoxy) is 1. The third-order valence-electron chi connectivity index (χ3n) is 5.07. The Bertz CT molecular complexity index is 529. The largest absolute Gasteiger partial charge is 0.481 e. The molecule has 0 spiro atoms. The van der Waals surface area contributed by atoms with Gasteiger partial charge in [0.1, 0.15) is 6.73 Å². The average molecular weight is 274 g/mol. The molecular formula is C15H18N2O3. The number of carbonyl (C=O) groups is 1. The molecule has 3 fully saturated rings. The van der Waals surface area contributed by atoms with E-state index in [9.17, 15) is 9.90 Å². The van der Waals surface area contributed by atoms with Gasteiger partial charge in [-0.25, -0.2) is 10.0 Å². The Hall–Kier alpha value is -1.43. The summed E-state index contributed by atoms with van der Waals surface area (Å²) in [4.78, 5) is 11.5. The second-order valence-corrected chi connectivity index (χ2v) is 5.94. The first-order valence-electron chi connectivity index (χ1n) is 7.09. The highest BCUT2D eigenvalue weighted by molar-refractivity contribution is 5.79. The summed E-state index contributed by atoms with van der Waals surface area (Å²) in [5, 5.41) is 14.0. The Kier molecular flexibility index (Phi) is 2.64. The molecule has 1 aromatic rings. The van der Waals surface area contributed by atoms with Gasteiger partial charge in [-0.15, -0.1) is 0 Å². The van der Waals surface area contributed by atoms with Crippen LogP contribution in [0.2, 0.25) is 0 Å². The molecule has 20 heavy (non-hydrogen) atoms. The maximum Gasteiger partial charge on any atom is 0.307 e. The van der Waals surface area contributed by atoms with Crippen LogP contribution in [0.5, 0.6) is 0 Å². The topological polar surface area (TPSA) is 53.0 Å². The first kappa shape index (κ1) is 12.3. The SMILES string of the molecule is O=C(O)C1C2CN(N3CCOC3)CC21c1ccccc1. The van der Waals surface area contributed by atoms with Crippen molar-refractivity contribution < 1.29 is 14.6 Å². The van der Waals surface area contributed by atoms with Crippen molar-refractivity contribution in [2.75, 3.05) is 33.0 Å². The summed E-state index contributed by atoms with van der Waals surface area (Å²) in [5.74, 6) is -0.663. The lowest BCUT2D eigenvalue weighted by molar-refractivity contribution is -0.140. The highest BCUT2D eigenvalue weighted by Gasteiger charge is 2.73. The van der Waals surface area contributed by atoms with Crippen molar-refractivity contribution in [3.05, 3.63) is 35.9 Å². The van der Waals surface area contributed by atoms with E-state index in [1.165, 1.54) is 5.56 Å². The van der Waals surface area contributed by atoms with Crippen LogP contribution in [0.15, 0.2) is 30.3 Å². The number of aliphatic carboxylic acids is 1. The monoisotopic (exact) mass is 274 g/mol. The fourth-order valence-corrected chi connectivity index (χ4v) is 4.06. The minimum atomic E-state index is -0.656. The number of carboxylic acids is 1. The second-order valence-electron chi connectivity index (χ2n) is 5.94. The number of nitrogens with zero attached hydrogens (tertiary/aromatic N) is 2. The van der Waals surface area contributed by atoms with Crippen molar-refractivity contribution >= 4 is 5.97 Å². The van der Waals surface area contributed by atoms with Gasteiger partial charge in [-0.3, -0.25) is 4.79 Å². The van der Waals surface area contributed by atoms with Gasteiger partial charge in [0.25, 0.3) is 0 Å². The zero-order chi connectivity index (χ0) is 13.7. The standard InChI is InChI=1S/C15H18N2O3/c18-14(19)13-12-8-17(16-6-7-20-10-16)9-15(12,13)11-4-2-1-3-5-11/h1-5,12-13H,6-10H2,(H,18,19). The molecule has 3 aliphatic rings. The fourth-order valence-electron chi connectivity index (χ4n) is 4.06. The summed E-state index contributed by atoms with van der Waals surface area (Å²) in [6, 6.07) is 10.1. The van der Waals surface area contributed by atoms with E-state index in [0.29, 0.717) is 6.73 Å². The molecule has 2 heterocycles. The molecule has 5 heteroatoms. The van der Waals surface area contributed by atoms with E-state index in [4.69, 9.17) is 4.74 Å². The number of rotatable bonds is 3. The molecule has 0 aromatic heterocycles. The van der Waals surface area contributed by atoms with Crippen LogP contribution in [0.25, 0.3) is 0 Å². The van der Waals surface area contributed by atoms with Crippen molar-refractivity contribution in [2.24, 2.45) is 11.8 Å². The third-order valence-corrected chi connectivity index (χ3v) is 5.07. The van der Waals surface area contributed by atoms with E-state index in [2.05, 4.69) is 22.2 Å². The molecule has 0 radical (unpaired) electrons. The lowest BCUT2D eigenvalue weighted by Gasteiger charge is -2.30. The van der Waals surface area contributed by atoms with E-state index in [1.54, 1.807) is 0 Å². The number of hydrogen-bond acceptors (Lipinski definition) is 4. The van der Waals surface area contributed by atoms with Gasteiger partial charge >= 0.3 is 5.97 Å². The van der Waals surface area contributed by atoms with Crippen LogP contribution in [-0.2, 0) is 14.9 Å². The number of carboxylic acid groups (broad SMARTS) is 1. The van der Waals surface area contributed by atoms with Crippen LogP contribution in [0.4, 0.5) is 0 Å². The average Bonchev–Trinajstić information content (AvgIpc) is 2.88. The zero-order valence-corrected chi connectivity index (χ0v) is 11.2. The lowest BCUT2D eigenvalue weighted by Crippen LogP contribution is -2.43. The van der Waals surface area contributed by atoms with Gasteiger partial charge in [-0.2, -0.15) is 0 Å². The molecule has 2 saturated heterocycles. The molecule has 0 bridgehead atoms. The molecule has 1 aliphatic carbocycles.